The maximum absolute atomic E-state index is 12.9. The second-order valence-corrected chi connectivity index (χ2v) is 7.99. The number of ketones is 1. The second kappa shape index (κ2) is 5.80. The number of likely N-dealkylation sites (tertiary alicyclic amines) is 1. The first-order valence-corrected chi connectivity index (χ1v) is 9.60. The number of piperidine rings is 1. The number of hydrogen-bond donors (Lipinski definition) is 1. The van der Waals surface area contributed by atoms with E-state index in [1.165, 1.54) is 16.9 Å². The lowest BCUT2D eigenvalue weighted by Gasteiger charge is -2.44. The number of rotatable bonds is 2. The topological polar surface area (TPSA) is 40.5 Å². The molecule has 4 rings (SSSR count). The Bertz CT molecular complexity index is 789. The van der Waals surface area contributed by atoms with Gasteiger partial charge in [-0.3, -0.25) is 4.79 Å². The Balaban J connectivity index is 1.91. The van der Waals surface area contributed by atoms with Crippen molar-refractivity contribution in [1.29, 1.82) is 0 Å². The van der Waals surface area contributed by atoms with E-state index in [4.69, 9.17) is 0 Å². The lowest BCUT2D eigenvalue weighted by molar-refractivity contribution is -0.0129. The van der Waals surface area contributed by atoms with Gasteiger partial charge in [0, 0.05) is 11.1 Å². The summed E-state index contributed by atoms with van der Waals surface area (Å²) in [6.45, 7) is 4.09. The third-order valence-corrected chi connectivity index (χ3v) is 6.65. The van der Waals surface area contributed by atoms with E-state index in [1.54, 1.807) is 0 Å². The number of hydrogen-bond acceptors (Lipinski definition) is 4. The first-order chi connectivity index (χ1) is 11.6. The van der Waals surface area contributed by atoms with Crippen LogP contribution in [0.3, 0.4) is 0 Å². The molecule has 1 atom stereocenters. The lowest BCUT2D eigenvalue weighted by Crippen LogP contribution is -2.46. The molecule has 1 aliphatic carbocycles. The highest BCUT2D eigenvalue weighted by Gasteiger charge is 2.48. The van der Waals surface area contributed by atoms with E-state index >= 15 is 0 Å². The van der Waals surface area contributed by atoms with E-state index in [0.29, 0.717) is 10.4 Å². The molecule has 3 nitrogen and oxygen atoms in total. The average molecular weight is 341 g/mol. The van der Waals surface area contributed by atoms with Crippen LogP contribution in [0.2, 0.25) is 0 Å². The number of thiophene rings is 1. The molecule has 1 aromatic heterocycles. The van der Waals surface area contributed by atoms with Crippen molar-refractivity contribution >= 4 is 17.1 Å². The smallest absolute Gasteiger partial charge is 0.203 e. The third-order valence-electron chi connectivity index (χ3n) is 5.74. The summed E-state index contributed by atoms with van der Waals surface area (Å²) < 4.78 is 0. The standard InChI is InChI=1S/C20H23NO2S/c1-3-13-4-5-15-17(12-13)20(23,14-6-9-21(2)10-7-14)16-8-11-24-19(16)18(15)22/h4-5,8,11-12,14,23H,3,6-7,9-10H2,1-2H3. The van der Waals surface area contributed by atoms with Crippen LogP contribution in [-0.4, -0.2) is 35.9 Å². The minimum atomic E-state index is -1.04. The van der Waals surface area contributed by atoms with Gasteiger partial charge in [0.15, 0.2) is 0 Å². The Morgan fingerprint density at radius 3 is 2.71 bits per heavy atom. The first kappa shape index (κ1) is 16.0. The second-order valence-electron chi connectivity index (χ2n) is 7.07. The van der Waals surface area contributed by atoms with Crippen molar-refractivity contribution in [3.8, 4) is 0 Å². The van der Waals surface area contributed by atoms with Gasteiger partial charge in [-0.1, -0.05) is 25.1 Å². The highest BCUT2D eigenvalue weighted by molar-refractivity contribution is 7.12. The zero-order valence-electron chi connectivity index (χ0n) is 14.2. The Labute approximate surface area is 146 Å². The summed E-state index contributed by atoms with van der Waals surface area (Å²) in [6, 6.07) is 7.95. The van der Waals surface area contributed by atoms with Crippen LogP contribution in [0.25, 0.3) is 0 Å². The molecule has 1 aliphatic heterocycles. The number of aryl methyl sites for hydroxylation is 1. The average Bonchev–Trinajstić information content (AvgIpc) is 3.10. The van der Waals surface area contributed by atoms with Crippen LogP contribution in [0.15, 0.2) is 29.6 Å². The molecular formula is C20H23NO2S. The molecule has 0 bridgehead atoms. The van der Waals surface area contributed by atoms with Crippen molar-refractivity contribution in [2.45, 2.75) is 31.8 Å². The van der Waals surface area contributed by atoms with Crippen LogP contribution < -0.4 is 0 Å². The van der Waals surface area contributed by atoms with E-state index in [-0.39, 0.29) is 11.7 Å². The number of fused-ring (bicyclic) bond motifs is 2. The molecule has 1 unspecified atom stereocenters. The van der Waals surface area contributed by atoms with E-state index in [0.717, 1.165) is 43.5 Å². The Hall–Kier alpha value is -1.49. The molecule has 24 heavy (non-hydrogen) atoms. The van der Waals surface area contributed by atoms with Gasteiger partial charge in [-0.05, 0) is 67.9 Å². The van der Waals surface area contributed by atoms with E-state index < -0.39 is 5.60 Å². The molecule has 0 radical (unpaired) electrons. The van der Waals surface area contributed by atoms with Gasteiger partial charge in [-0.15, -0.1) is 11.3 Å². The minimum absolute atomic E-state index is 0.0651. The highest BCUT2D eigenvalue weighted by atomic mass is 32.1. The number of aliphatic hydroxyl groups is 1. The fourth-order valence-electron chi connectivity index (χ4n) is 4.24. The Morgan fingerprint density at radius 1 is 1.25 bits per heavy atom. The van der Waals surface area contributed by atoms with Crippen molar-refractivity contribution < 1.29 is 9.90 Å². The molecule has 0 saturated carbocycles. The largest absolute Gasteiger partial charge is 0.380 e. The van der Waals surface area contributed by atoms with Crippen LogP contribution in [-0.2, 0) is 12.0 Å². The predicted octanol–water partition coefficient (Wildman–Crippen LogP) is 3.43. The van der Waals surface area contributed by atoms with E-state index in [1.807, 2.05) is 23.6 Å². The van der Waals surface area contributed by atoms with Crippen LogP contribution >= 0.6 is 11.3 Å². The fraction of sp³-hybridized carbons (Fsp3) is 0.450. The van der Waals surface area contributed by atoms with Gasteiger partial charge in [0.05, 0.1) is 4.88 Å². The molecular weight excluding hydrogens is 318 g/mol. The highest BCUT2D eigenvalue weighted by Crippen LogP contribution is 2.49. The van der Waals surface area contributed by atoms with E-state index in [9.17, 15) is 9.90 Å². The van der Waals surface area contributed by atoms with Crippen LogP contribution in [0.1, 0.15) is 51.7 Å². The van der Waals surface area contributed by atoms with Crippen molar-refractivity contribution in [2.24, 2.45) is 5.92 Å². The molecule has 1 fully saturated rings. The van der Waals surface area contributed by atoms with Crippen molar-refractivity contribution in [3.63, 3.8) is 0 Å². The van der Waals surface area contributed by atoms with Gasteiger partial charge in [0.25, 0.3) is 0 Å². The van der Waals surface area contributed by atoms with Gasteiger partial charge in [-0.25, -0.2) is 0 Å². The molecule has 126 valence electrons. The Kier molecular flexibility index (Phi) is 3.87. The van der Waals surface area contributed by atoms with Gasteiger partial charge < -0.3 is 10.0 Å². The number of benzene rings is 1. The summed E-state index contributed by atoms with van der Waals surface area (Å²) in [5, 5.41) is 13.9. The predicted molar refractivity (Wildman–Crippen MR) is 96.8 cm³/mol. The van der Waals surface area contributed by atoms with Gasteiger partial charge in [-0.2, -0.15) is 0 Å². The van der Waals surface area contributed by atoms with Crippen molar-refractivity contribution in [3.05, 3.63) is 56.8 Å². The van der Waals surface area contributed by atoms with Crippen LogP contribution in [0.4, 0.5) is 0 Å². The Morgan fingerprint density at radius 2 is 2.00 bits per heavy atom. The molecule has 1 saturated heterocycles. The van der Waals surface area contributed by atoms with Gasteiger partial charge >= 0.3 is 0 Å². The zero-order chi connectivity index (χ0) is 16.9. The molecule has 2 aliphatic rings. The molecule has 1 N–H and O–H groups in total. The molecule has 2 heterocycles. The summed E-state index contributed by atoms with van der Waals surface area (Å²) in [4.78, 5) is 15.9. The zero-order valence-corrected chi connectivity index (χ0v) is 15.0. The summed E-state index contributed by atoms with van der Waals surface area (Å²) in [5.74, 6) is 0.219. The fourth-order valence-corrected chi connectivity index (χ4v) is 5.15. The van der Waals surface area contributed by atoms with Gasteiger partial charge in [0.1, 0.15) is 5.60 Å². The summed E-state index contributed by atoms with van der Waals surface area (Å²) >= 11 is 1.45. The van der Waals surface area contributed by atoms with Crippen molar-refractivity contribution in [1.82, 2.24) is 4.90 Å². The maximum atomic E-state index is 12.9. The molecule has 2 aromatic rings. The molecule has 1 aromatic carbocycles. The SMILES string of the molecule is CCc1ccc2c(c1)C(O)(C1CCN(C)CC1)c1ccsc1C2=O. The molecule has 4 heteroatoms. The summed E-state index contributed by atoms with van der Waals surface area (Å²) in [5.41, 5.74) is 2.47. The molecule has 0 spiro atoms. The van der Waals surface area contributed by atoms with E-state index in [2.05, 4.69) is 24.9 Å². The number of carbonyl (C=O) groups excluding carboxylic acids is 1. The molecule has 0 amide bonds. The lowest BCUT2D eigenvalue weighted by atomic mass is 9.67. The normalized spacial score (nSPS) is 24.7. The van der Waals surface area contributed by atoms with Crippen LogP contribution in [0.5, 0.6) is 0 Å². The summed E-state index contributed by atoms with van der Waals surface area (Å²) in [7, 11) is 2.13. The van der Waals surface area contributed by atoms with Gasteiger partial charge in [0.2, 0.25) is 5.78 Å². The number of nitrogens with zero attached hydrogens (tertiary/aromatic N) is 1. The minimum Gasteiger partial charge on any atom is -0.380 e. The monoisotopic (exact) mass is 341 g/mol. The van der Waals surface area contributed by atoms with Crippen molar-refractivity contribution in [2.75, 3.05) is 20.1 Å². The quantitative estimate of drug-likeness (QED) is 0.910. The third kappa shape index (κ3) is 2.20. The van der Waals surface area contributed by atoms with Crippen LogP contribution in [0, 0.1) is 5.92 Å². The summed E-state index contributed by atoms with van der Waals surface area (Å²) in [6.07, 6.45) is 2.81. The number of carbonyl (C=O) groups is 1. The maximum Gasteiger partial charge on any atom is 0.203 e. The first-order valence-electron chi connectivity index (χ1n) is 8.72.